The maximum Gasteiger partial charge on any atom is 0.362 e. The zero-order valence-electron chi connectivity index (χ0n) is 8.23. The second-order valence-corrected chi connectivity index (χ2v) is 3.60. The highest BCUT2D eigenvalue weighted by molar-refractivity contribution is 5.84. The first-order valence-electron chi connectivity index (χ1n) is 4.79. The Hall–Kier alpha value is -1.81. The minimum Gasteiger partial charge on any atom is -0.477 e. The van der Waals surface area contributed by atoms with Crippen LogP contribution in [-0.2, 0) is 11.2 Å². The summed E-state index contributed by atoms with van der Waals surface area (Å²) in [6.07, 6.45) is 2.31. The smallest absolute Gasteiger partial charge is 0.362 e. The van der Waals surface area contributed by atoms with E-state index in [0.717, 1.165) is 16.5 Å². The Balaban J connectivity index is 2.32. The maximum atomic E-state index is 10.7. The molecule has 0 saturated carbocycles. The molecule has 78 valence electrons. The molecule has 0 spiro atoms. The van der Waals surface area contributed by atoms with Crippen LogP contribution >= 0.6 is 0 Å². The first kappa shape index (κ1) is 9.73. The summed E-state index contributed by atoms with van der Waals surface area (Å²) >= 11 is 0. The summed E-state index contributed by atoms with van der Waals surface area (Å²) in [5, 5.41) is 9.86. The molecule has 1 aromatic heterocycles. The van der Waals surface area contributed by atoms with Crippen molar-refractivity contribution in [2.24, 2.45) is 0 Å². The quantitative estimate of drug-likeness (QED) is 0.678. The number of carboxylic acid groups (broad SMARTS) is 1. The van der Waals surface area contributed by atoms with Gasteiger partial charge in [-0.3, -0.25) is 0 Å². The summed E-state index contributed by atoms with van der Waals surface area (Å²) in [5.41, 5.74) is 5.65. The van der Waals surface area contributed by atoms with E-state index in [-0.39, 0.29) is 0 Å². The molecule has 0 bridgehead atoms. The largest absolute Gasteiger partial charge is 0.477 e. The lowest BCUT2D eigenvalue weighted by Crippen LogP contribution is -2.65. The van der Waals surface area contributed by atoms with Crippen LogP contribution in [0, 0.1) is 0 Å². The SMILES string of the molecule is [NH3+]C(Cc1c[nH]c2ccccc12)C(=O)O. The first-order valence-corrected chi connectivity index (χ1v) is 4.79. The van der Waals surface area contributed by atoms with Crippen molar-refractivity contribution in [1.82, 2.24) is 4.98 Å². The molecule has 0 aliphatic heterocycles. The molecule has 5 N–H and O–H groups in total. The minimum atomic E-state index is -0.861. The van der Waals surface area contributed by atoms with E-state index in [1.54, 1.807) is 0 Å². The van der Waals surface area contributed by atoms with E-state index >= 15 is 0 Å². The molecule has 0 aliphatic carbocycles. The maximum absolute atomic E-state index is 10.7. The van der Waals surface area contributed by atoms with Gasteiger partial charge in [0.1, 0.15) is 0 Å². The van der Waals surface area contributed by atoms with Crippen molar-refractivity contribution < 1.29 is 15.6 Å². The molecule has 1 aromatic carbocycles. The summed E-state index contributed by atoms with van der Waals surface area (Å²) in [7, 11) is 0. The standard InChI is InChI=1S/C11H12N2O2/c12-9(11(14)15)5-7-6-13-10-4-2-1-3-8(7)10/h1-4,6,9,13H,5,12H2,(H,14,15)/p+1. The van der Waals surface area contributed by atoms with Crippen molar-refractivity contribution in [3.8, 4) is 0 Å². The number of aromatic amines is 1. The van der Waals surface area contributed by atoms with Crippen molar-refractivity contribution >= 4 is 16.9 Å². The third-order valence-electron chi connectivity index (χ3n) is 2.49. The van der Waals surface area contributed by atoms with Gasteiger partial charge in [0.25, 0.3) is 0 Å². The predicted molar refractivity (Wildman–Crippen MR) is 56.3 cm³/mol. The number of aliphatic carboxylic acids is 1. The second kappa shape index (κ2) is 3.74. The molecule has 1 unspecified atom stereocenters. The highest BCUT2D eigenvalue weighted by Crippen LogP contribution is 2.18. The molecule has 1 atom stereocenters. The number of carbonyl (C=O) groups is 1. The van der Waals surface area contributed by atoms with Crippen molar-refractivity contribution in [3.05, 3.63) is 36.0 Å². The fourth-order valence-electron chi connectivity index (χ4n) is 1.65. The van der Waals surface area contributed by atoms with Crippen LogP contribution < -0.4 is 5.73 Å². The minimum absolute atomic E-state index is 0.458. The third-order valence-corrected chi connectivity index (χ3v) is 2.49. The lowest BCUT2D eigenvalue weighted by molar-refractivity contribution is -0.407. The van der Waals surface area contributed by atoms with Crippen LogP contribution in [0.3, 0.4) is 0 Å². The topological polar surface area (TPSA) is 80.7 Å². The van der Waals surface area contributed by atoms with Crippen LogP contribution in [0.1, 0.15) is 5.56 Å². The van der Waals surface area contributed by atoms with Crippen LogP contribution in [0.15, 0.2) is 30.5 Å². The Bertz CT molecular complexity index is 490. The van der Waals surface area contributed by atoms with Gasteiger partial charge in [-0.15, -0.1) is 0 Å². The Morgan fingerprint density at radius 3 is 2.93 bits per heavy atom. The fourth-order valence-corrected chi connectivity index (χ4v) is 1.65. The molecule has 4 heteroatoms. The van der Waals surface area contributed by atoms with Crippen LogP contribution in [0.2, 0.25) is 0 Å². The molecule has 1 heterocycles. The predicted octanol–water partition coefficient (Wildman–Crippen LogP) is 0.405. The van der Waals surface area contributed by atoms with Crippen LogP contribution in [-0.4, -0.2) is 22.1 Å². The third kappa shape index (κ3) is 1.85. The summed E-state index contributed by atoms with van der Waals surface area (Å²) in [6, 6.07) is 7.25. The van der Waals surface area contributed by atoms with Crippen molar-refractivity contribution in [2.75, 3.05) is 0 Å². The number of hydrogen-bond donors (Lipinski definition) is 3. The number of rotatable bonds is 3. The van der Waals surface area contributed by atoms with Gasteiger partial charge >= 0.3 is 5.97 Å². The summed E-state index contributed by atoms with van der Waals surface area (Å²) < 4.78 is 0. The van der Waals surface area contributed by atoms with Gasteiger partial charge in [-0.05, 0) is 11.6 Å². The molecule has 2 aromatic rings. The Morgan fingerprint density at radius 2 is 2.20 bits per heavy atom. The first-order chi connectivity index (χ1) is 7.18. The van der Waals surface area contributed by atoms with Gasteiger partial charge < -0.3 is 15.8 Å². The van der Waals surface area contributed by atoms with Gasteiger partial charge in [-0.25, -0.2) is 4.79 Å². The number of fused-ring (bicyclic) bond motifs is 1. The molecule has 0 radical (unpaired) electrons. The molecular formula is C11H13N2O2+. The molecule has 4 nitrogen and oxygen atoms in total. The van der Waals surface area contributed by atoms with Crippen molar-refractivity contribution in [2.45, 2.75) is 12.5 Å². The molecule has 0 aliphatic rings. The Morgan fingerprint density at radius 1 is 1.47 bits per heavy atom. The Kier molecular flexibility index (Phi) is 2.43. The number of hydrogen-bond acceptors (Lipinski definition) is 1. The van der Waals surface area contributed by atoms with Gasteiger partial charge in [0.2, 0.25) is 0 Å². The molecule has 0 fully saturated rings. The van der Waals surface area contributed by atoms with Gasteiger partial charge in [0.05, 0.1) is 0 Å². The average Bonchev–Trinajstić information content (AvgIpc) is 2.62. The lowest BCUT2D eigenvalue weighted by Gasteiger charge is -2.01. The van der Waals surface area contributed by atoms with E-state index in [1.807, 2.05) is 30.5 Å². The number of quaternary nitrogens is 1. The molecule has 15 heavy (non-hydrogen) atoms. The van der Waals surface area contributed by atoms with E-state index in [1.165, 1.54) is 0 Å². The number of H-pyrrole nitrogens is 1. The summed E-state index contributed by atoms with van der Waals surface area (Å²) in [6.45, 7) is 0. The second-order valence-electron chi connectivity index (χ2n) is 3.60. The van der Waals surface area contributed by atoms with E-state index in [9.17, 15) is 4.79 Å². The van der Waals surface area contributed by atoms with E-state index in [0.29, 0.717) is 6.42 Å². The number of carboxylic acids is 1. The van der Waals surface area contributed by atoms with E-state index < -0.39 is 12.0 Å². The van der Waals surface area contributed by atoms with E-state index in [2.05, 4.69) is 10.7 Å². The summed E-state index contributed by atoms with van der Waals surface area (Å²) in [5.74, 6) is -0.861. The monoisotopic (exact) mass is 205 g/mol. The highest BCUT2D eigenvalue weighted by atomic mass is 16.4. The van der Waals surface area contributed by atoms with Gasteiger partial charge in [-0.1, -0.05) is 18.2 Å². The molecule has 0 saturated heterocycles. The lowest BCUT2D eigenvalue weighted by atomic mass is 10.1. The average molecular weight is 205 g/mol. The van der Waals surface area contributed by atoms with E-state index in [4.69, 9.17) is 5.11 Å². The van der Waals surface area contributed by atoms with Crippen molar-refractivity contribution in [3.63, 3.8) is 0 Å². The highest BCUT2D eigenvalue weighted by Gasteiger charge is 2.17. The Labute approximate surface area is 86.7 Å². The number of aromatic nitrogens is 1. The van der Waals surface area contributed by atoms with Crippen LogP contribution in [0.5, 0.6) is 0 Å². The number of nitrogens with one attached hydrogen (secondary N) is 1. The molecule has 2 rings (SSSR count). The molecule has 0 amide bonds. The van der Waals surface area contributed by atoms with Crippen molar-refractivity contribution in [1.29, 1.82) is 0 Å². The fraction of sp³-hybridized carbons (Fsp3) is 0.182. The van der Waals surface area contributed by atoms with Crippen LogP contribution in [0.25, 0.3) is 10.9 Å². The zero-order valence-corrected chi connectivity index (χ0v) is 8.23. The molecular weight excluding hydrogens is 192 g/mol. The number of para-hydroxylation sites is 1. The normalized spacial score (nSPS) is 12.9. The van der Waals surface area contributed by atoms with Gasteiger partial charge in [0, 0.05) is 23.5 Å². The zero-order chi connectivity index (χ0) is 10.8. The van der Waals surface area contributed by atoms with Gasteiger partial charge in [0.15, 0.2) is 6.04 Å². The van der Waals surface area contributed by atoms with Crippen LogP contribution in [0.4, 0.5) is 0 Å². The summed E-state index contributed by atoms with van der Waals surface area (Å²) in [4.78, 5) is 13.8. The van der Waals surface area contributed by atoms with Gasteiger partial charge in [-0.2, -0.15) is 0 Å². The number of benzene rings is 1.